The second-order valence-electron chi connectivity index (χ2n) is 2.03. The highest BCUT2D eigenvalue weighted by Crippen LogP contribution is 2.02. The molecule has 0 aliphatic carbocycles. The zero-order valence-electron chi connectivity index (χ0n) is 5.86. The van der Waals surface area contributed by atoms with Gasteiger partial charge in [-0.05, 0) is 13.8 Å². The molecule has 1 nitrogen and oxygen atoms in total. The van der Waals surface area contributed by atoms with Gasteiger partial charge in [0.1, 0.15) is 0 Å². The first-order chi connectivity index (χ1) is 3.55. The molecule has 0 bridgehead atoms. The number of hydrogen-bond acceptors (Lipinski definition) is 1. The van der Waals surface area contributed by atoms with E-state index in [0.29, 0.717) is 0 Å². The zero-order valence-corrected chi connectivity index (χ0v) is 5.86. The molecule has 0 rings (SSSR count). The summed E-state index contributed by atoms with van der Waals surface area (Å²) in [6, 6.07) is 0. The predicted molar refractivity (Wildman–Crippen MR) is 37.4 cm³/mol. The van der Waals surface area contributed by atoms with Gasteiger partial charge in [-0.3, -0.25) is 0 Å². The van der Waals surface area contributed by atoms with Crippen molar-refractivity contribution in [3.63, 3.8) is 0 Å². The maximum atomic E-state index is 3.74. The Morgan fingerprint density at radius 2 is 1.38 bits per heavy atom. The Balaban J connectivity index is 3.83. The summed E-state index contributed by atoms with van der Waals surface area (Å²) in [5.41, 5.74) is 2.05. The Bertz CT molecular complexity index is 99.6. The first-order valence-corrected chi connectivity index (χ1v) is 2.60. The molecule has 0 aromatic heterocycles. The fraction of sp³-hybridized carbons (Fsp3) is 0.429. The van der Waals surface area contributed by atoms with Crippen molar-refractivity contribution in [1.82, 2.24) is 4.90 Å². The summed E-state index contributed by atoms with van der Waals surface area (Å²) in [6.45, 7) is 11.4. The molecule has 0 amide bonds. The molecule has 0 saturated heterocycles. The van der Waals surface area contributed by atoms with Gasteiger partial charge >= 0.3 is 0 Å². The fourth-order valence-corrected chi connectivity index (χ4v) is 0.326. The SMILES string of the molecule is C=C(C)N(C)C(=C)C. The second-order valence-corrected chi connectivity index (χ2v) is 2.03. The van der Waals surface area contributed by atoms with Gasteiger partial charge in [-0.15, -0.1) is 0 Å². The van der Waals surface area contributed by atoms with Gasteiger partial charge in [-0.25, -0.2) is 0 Å². The first kappa shape index (κ1) is 7.28. The summed E-state index contributed by atoms with van der Waals surface area (Å²) in [4.78, 5) is 1.94. The lowest BCUT2D eigenvalue weighted by molar-refractivity contribution is 0.527. The molecular formula is C7H13N. The molecular weight excluding hydrogens is 98.1 g/mol. The van der Waals surface area contributed by atoms with Crippen LogP contribution >= 0.6 is 0 Å². The third-order valence-corrected chi connectivity index (χ3v) is 1.15. The molecule has 1 heteroatoms. The molecule has 0 heterocycles. The fourth-order valence-electron chi connectivity index (χ4n) is 0.326. The monoisotopic (exact) mass is 111 g/mol. The molecule has 0 radical (unpaired) electrons. The van der Waals surface area contributed by atoms with E-state index in [1.54, 1.807) is 0 Å². The molecule has 0 aliphatic heterocycles. The molecule has 0 aliphatic rings. The van der Waals surface area contributed by atoms with Gasteiger partial charge in [-0.1, -0.05) is 13.2 Å². The Morgan fingerprint density at radius 3 is 1.38 bits per heavy atom. The molecule has 0 atom stereocenters. The van der Waals surface area contributed by atoms with E-state index in [-0.39, 0.29) is 0 Å². The van der Waals surface area contributed by atoms with Crippen molar-refractivity contribution >= 4 is 0 Å². The summed E-state index contributed by atoms with van der Waals surface area (Å²) in [7, 11) is 1.95. The van der Waals surface area contributed by atoms with Crippen molar-refractivity contribution < 1.29 is 0 Å². The number of allylic oxidation sites excluding steroid dienone is 2. The Kier molecular flexibility index (Phi) is 2.32. The lowest BCUT2D eigenvalue weighted by Crippen LogP contribution is -2.10. The minimum Gasteiger partial charge on any atom is -0.353 e. The van der Waals surface area contributed by atoms with Gasteiger partial charge in [0.15, 0.2) is 0 Å². The summed E-state index contributed by atoms with van der Waals surface area (Å²) in [5.74, 6) is 0. The normalized spacial score (nSPS) is 8.38. The molecule has 0 aromatic rings. The van der Waals surface area contributed by atoms with E-state index in [1.165, 1.54) is 0 Å². The van der Waals surface area contributed by atoms with Gasteiger partial charge in [0.05, 0.1) is 0 Å². The summed E-state index contributed by atoms with van der Waals surface area (Å²) >= 11 is 0. The highest BCUT2D eigenvalue weighted by molar-refractivity contribution is 5.00. The van der Waals surface area contributed by atoms with Crippen LogP contribution in [-0.4, -0.2) is 11.9 Å². The van der Waals surface area contributed by atoms with Crippen molar-refractivity contribution in [2.45, 2.75) is 13.8 Å². The predicted octanol–water partition coefficient (Wildman–Crippen LogP) is 1.99. The zero-order chi connectivity index (χ0) is 6.73. The maximum Gasteiger partial charge on any atom is 0.0111 e. The molecule has 0 aromatic carbocycles. The van der Waals surface area contributed by atoms with Crippen LogP contribution in [0.15, 0.2) is 24.6 Å². The van der Waals surface area contributed by atoms with Crippen molar-refractivity contribution in [2.75, 3.05) is 7.05 Å². The van der Waals surface area contributed by atoms with Crippen molar-refractivity contribution in [1.29, 1.82) is 0 Å². The minimum absolute atomic E-state index is 1.03. The van der Waals surface area contributed by atoms with E-state index >= 15 is 0 Å². The lowest BCUT2D eigenvalue weighted by atomic mass is 10.4. The highest BCUT2D eigenvalue weighted by Gasteiger charge is 1.92. The maximum absolute atomic E-state index is 3.74. The lowest BCUT2D eigenvalue weighted by Gasteiger charge is -2.17. The van der Waals surface area contributed by atoms with Crippen LogP contribution in [0.2, 0.25) is 0 Å². The standard InChI is InChI=1S/C7H13N/c1-6(2)8(5)7(3)4/h1,3H2,2,4-5H3. The molecule has 0 saturated carbocycles. The number of rotatable bonds is 2. The molecule has 8 heavy (non-hydrogen) atoms. The minimum atomic E-state index is 1.03. The van der Waals surface area contributed by atoms with Gasteiger partial charge < -0.3 is 4.90 Å². The van der Waals surface area contributed by atoms with Gasteiger partial charge in [-0.2, -0.15) is 0 Å². The number of hydrogen-bond donors (Lipinski definition) is 0. The Morgan fingerprint density at radius 1 is 1.12 bits per heavy atom. The third kappa shape index (κ3) is 1.82. The first-order valence-electron chi connectivity index (χ1n) is 2.60. The molecule has 0 fully saturated rings. The molecule has 46 valence electrons. The van der Waals surface area contributed by atoms with E-state index in [2.05, 4.69) is 13.2 Å². The molecule has 0 N–H and O–H groups in total. The average Bonchev–Trinajstić information content (AvgIpc) is 1.64. The van der Waals surface area contributed by atoms with Crippen molar-refractivity contribution in [3.05, 3.63) is 24.6 Å². The molecule has 0 spiro atoms. The molecule has 0 unspecified atom stereocenters. The highest BCUT2D eigenvalue weighted by atomic mass is 15.1. The summed E-state index contributed by atoms with van der Waals surface area (Å²) in [5, 5.41) is 0. The van der Waals surface area contributed by atoms with Crippen LogP contribution in [0.1, 0.15) is 13.8 Å². The van der Waals surface area contributed by atoms with Crippen LogP contribution < -0.4 is 0 Å². The van der Waals surface area contributed by atoms with Crippen LogP contribution in [0.4, 0.5) is 0 Å². The third-order valence-electron chi connectivity index (χ3n) is 1.15. The van der Waals surface area contributed by atoms with E-state index in [1.807, 2.05) is 25.8 Å². The van der Waals surface area contributed by atoms with Crippen molar-refractivity contribution in [3.8, 4) is 0 Å². The number of nitrogens with zero attached hydrogens (tertiary/aromatic N) is 1. The van der Waals surface area contributed by atoms with Crippen LogP contribution in [0.25, 0.3) is 0 Å². The van der Waals surface area contributed by atoms with Crippen LogP contribution in [-0.2, 0) is 0 Å². The van der Waals surface area contributed by atoms with Gasteiger partial charge in [0.2, 0.25) is 0 Å². The summed E-state index contributed by atoms with van der Waals surface area (Å²) in [6.07, 6.45) is 0. The van der Waals surface area contributed by atoms with E-state index < -0.39 is 0 Å². The largest absolute Gasteiger partial charge is 0.353 e. The van der Waals surface area contributed by atoms with E-state index in [4.69, 9.17) is 0 Å². The van der Waals surface area contributed by atoms with E-state index in [0.717, 1.165) is 11.4 Å². The van der Waals surface area contributed by atoms with Crippen molar-refractivity contribution in [2.24, 2.45) is 0 Å². The van der Waals surface area contributed by atoms with Crippen LogP contribution in [0, 0.1) is 0 Å². The van der Waals surface area contributed by atoms with Crippen LogP contribution in [0.5, 0.6) is 0 Å². The Labute approximate surface area is 51.3 Å². The Hall–Kier alpha value is -0.720. The average molecular weight is 111 g/mol. The van der Waals surface area contributed by atoms with Gasteiger partial charge in [0.25, 0.3) is 0 Å². The smallest absolute Gasteiger partial charge is 0.0111 e. The van der Waals surface area contributed by atoms with E-state index in [9.17, 15) is 0 Å². The summed E-state index contributed by atoms with van der Waals surface area (Å²) < 4.78 is 0. The van der Waals surface area contributed by atoms with Crippen LogP contribution in [0.3, 0.4) is 0 Å². The van der Waals surface area contributed by atoms with Gasteiger partial charge in [0, 0.05) is 18.4 Å². The quantitative estimate of drug-likeness (QED) is 0.526. The second kappa shape index (κ2) is 2.55. The topological polar surface area (TPSA) is 3.24 Å².